The van der Waals surface area contributed by atoms with Gasteiger partial charge in [0.1, 0.15) is 12.4 Å². The molecule has 0 bridgehead atoms. The molecule has 0 aliphatic rings. The monoisotopic (exact) mass is 405 g/mol. The fourth-order valence-electron chi connectivity index (χ4n) is 2.61. The summed E-state index contributed by atoms with van der Waals surface area (Å²) < 4.78 is 7.73. The van der Waals surface area contributed by atoms with Crippen LogP contribution in [0, 0.1) is 6.92 Å². The van der Waals surface area contributed by atoms with Crippen molar-refractivity contribution >= 4 is 29.2 Å². The topological polar surface area (TPSA) is 64.9 Å². The summed E-state index contributed by atoms with van der Waals surface area (Å²) in [7, 11) is 0. The molecular formula is C19H21Cl2N5O. The molecule has 1 aromatic heterocycles. The normalized spacial score (nSPS) is 10.8. The highest BCUT2D eigenvalue weighted by Gasteiger charge is 2.13. The first kappa shape index (κ1) is 19.5. The SMILES string of the molecule is CCCn1nnnc1NCc1cc(Cl)cc(Cl)c1OCc1ccc(C)cc1. The smallest absolute Gasteiger partial charge is 0.243 e. The van der Waals surface area contributed by atoms with Gasteiger partial charge in [-0.1, -0.05) is 65.1 Å². The average molecular weight is 406 g/mol. The zero-order valence-electron chi connectivity index (χ0n) is 15.2. The molecule has 8 heteroatoms. The van der Waals surface area contributed by atoms with Crippen LogP contribution in [0.25, 0.3) is 0 Å². The van der Waals surface area contributed by atoms with Crippen LogP contribution in [0.15, 0.2) is 36.4 Å². The molecule has 0 aliphatic heterocycles. The Morgan fingerprint density at radius 2 is 1.93 bits per heavy atom. The lowest BCUT2D eigenvalue weighted by Gasteiger charge is -2.15. The van der Waals surface area contributed by atoms with Gasteiger partial charge in [0.05, 0.1) is 5.02 Å². The first-order chi connectivity index (χ1) is 13.1. The van der Waals surface area contributed by atoms with Crippen molar-refractivity contribution in [3.63, 3.8) is 0 Å². The van der Waals surface area contributed by atoms with Gasteiger partial charge in [-0.05, 0) is 41.5 Å². The first-order valence-electron chi connectivity index (χ1n) is 8.73. The molecule has 0 amide bonds. The van der Waals surface area contributed by atoms with Crippen molar-refractivity contribution in [1.29, 1.82) is 0 Å². The summed E-state index contributed by atoms with van der Waals surface area (Å²) in [5.41, 5.74) is 3.11. The highest BCUT2D eigenvalue weighted by atomic mass is 35.5. The van der Waals surface area contributed by atoms with E-state index in [4.69, 9.17) is 27.9 Å². The maximum atomic E-state index is 6.39. The fraction of sp³-hybridized carbons (Fsp3) is 0.316. The van der Waals surface area contributed by atoms with Gasteiger partial charge in [0.15, 0.2) is 0 Å². The molecule has 1 heterocycles. The Bertz CT molecular complexity index is 896. The van der Waals surface area contributed by atoms with Gasteiger partial charge in [0.25, 0.3) is 0 Å². The molecule has 6 nitrogen and oxygen atoms in total. The van der Waals surface area contributed by atoms with E-state index in [1.807, 2.05) is 18.2 Å². The number of benzene rings is 2. The average Bonchev–Trinajstić information content (AvgIpc) is 3.08. The van der Waals surface area contributed by atoms with Crippen LogP contribution >= 0.6 is 23.2 Å². The van der Waals surface area contributed by atoms with Gasteiger partial charge in [-0.15, -0.1) is 0 Å². The van der Waals surface area contributed by atoms with Gasteiger partial charge in [-0.3, -0.25) is 0 Å². The molecule has 0 aliphatic carbocycles. The lowest BCUT2D eigenvalue weighted by Crippen LogP contribution is -2.10. The molecule has 1 N–H and O–H groups in total. The zero-order chi connectivity index (χ0) is 19.2. The maximum absolute atomic E-state index is 6.39. The third-order valence-electron chi connectivity index (χ3n) is 3.99. The minimum Gasteiger partial charge on any atom is -0.487 e. The highest BCUT2D eigenvalue weighted by Crippen LogP contribution is 2.33. The van der Waals surface area contributed by atoms with Crippen molar-refractivity contribution in [2.24, 2.45) is 0 Å². The number of anilines is 1. The lowest BCUT2D eigenvalue weighted by molar-refractivity contribution is 0.303. The number of halogens is 2. The summed E-state index contributed by atoms with van der Waals surface area (Å²) in [6.45, 7) is 5.72. The highest BCUT2D eigenvalue weighted by molar-refractivity contribution is 6.35. The quantitative estimate of drug-likeness (QED) is 0.577. The molecule has 0 radical (unpaired) electrons. The molecule has 3 aromatic rings. The Balaban J connectivity index is 1.75. The van der Waals surface area contributed by atoms with Crippen molar-refractivity contribution in [3.05, 3.63) is 63.1 Å². The lowest BCUT2D eigenvalue weighted by atomic mass is 10.1. The number of aromatic nitrogens is 4. The molecule has 3 rings (SSSR count). The van der Waals surface area contributed by atoms with E-state index in [2.05, 4.69) is 46.8 Å². The van der Waals surface area contributed by atoms with Crippen molar-refractivity contribution < 1.29 is 4.74 Å². The largest absolute Gasteiger partial charge is 0.487 e. The van der Waals surface area contributed by atoms with E-state index in [0.717, 1.165) is 24.1 Å². The molecule has 27 heavy (non-hydrogen) atoms. The molecule has 0 unspecified atom stereocenters. The molecule has 142 valence electrons. The Labute approximate surface area is 168 Å². The summed E-state index contributed by atoms with van der Waals surface area (Å²) in [6, 6.07) is 11.7. The molecule has 0 atom stereocenters. The minimum absolute atomic E-state index is 0.419. The molecule has 0 fully saturated rings. The Morgan fingerprint density at radius 1 is 1.15 bits per heavy atom. The second-order valence-electron chi connectivity index (χ2n) is 6.23. The van der Waals surface area contributed by atoms with Gasteiger partial charge >= 0.3 is 0 Å². The van der Waals surface area contributed by atoms with Crippen LogP contribution in [0.1, 0.15) is 30.0 Å². The summed E-state index contributed by atoms with van der Waals surface area (Å²) >= 11 is 12.6. The molecule has 2 aromatic carbocycles. The van der Waals surface area contributed by atoms with Crippen LogP contribution in [0.5, 0.6) is 5.75 Å². The summed E-state index contributed by atoms with van der Waals surface area (Å²) in [5, 5.41) is 15.9. The molecular weight excluding hydrogens is 385 g/mol. The summed E-state index contributed by atoms with van der Waals surface area (Å²) in [5.74, 6) is 1.20. The predicted molar refractivity (Wildman–Crippen MR) is 107 cm³/mol. The van der Waals surface area contributed by atoms with Crippen molar-refractivity contribution in [2.75, 3.05) is 5.32 Å². The van der Waals surface area contributed by atoms with E-state index in [0.29, 0.717) is 34.9 Å². The Morgan fingerprint density at radius 3 is 2.67 bits per heavy atom. The van der Waals surface area contributed by atoms with Gasteiger partial charge < -0.3 is 10.1 Å². The van der Waals surface area contributed by atoms with Gasteiger partial charge in [0.2, 0.25) is 5.95 Å². The Hall–Kier alpha value is -2.31. The number of tetrazole rings is 1. The Kier molecular flexibility index (Phi) is 6.53. The van der Waals surface area contributed by atoms with Crippen molar-refractivity contribution in [2.45, 2.75) is 40.0 Å². The number of hydrogen-bond donors (Lipinski definition) is 1. The van der Waals surface area contributed by atoms with Crippen LogP contribution in [0.3, 0.4) is 0 Å². The second-order valence-corrected chi connectivity index (χ2v) is 7.07. The summed E-state index contributed by atoms with van der Waals surface area (Å²) in [6.07, 6.45) is 0.938. The minimum atomic E-state index is 0.419. The maximum Gasteiger partial charge on any atom is 0.243 e. The molecule has 0 spiro atoms. The molecule has 0 saturated heterocycles. The van der Waals surface area contributed by atoms with Crippen molar-refractivity contribution in [1.82, 2.24) is 20.2 Å². The van der Waals surface area contributed by atoms with E-state index >= 15 is 0 Å². The second kappa shape index (κ2) is 9.06. The van der Waals surface area contributed by atoms with Crippen LogP contribution in [0.4, 0.5) is 5.95 Å². The van der Waals surface area contributed by atoms with Crippen LogP contribution < -0.4 is 10.1 Å². The van der Waals surface area contributed by atoms with Crippen LogP contribution in [-0.4, -0.2) is 20.2 Å². The van der Waals surface area contributed by atoms with Crippen LogP contribution in [-0.2, 0) is 19.7 Å². The standard InChI is InChI=1S/C19H21Cl2N5O/c1-3-8-26-19(23-24-25-26)22-11-15-9-16(20)10-17(21)18(15)27-12-14-6-4-13(2)5-7-14/h4-7,9-10H,3,8,11-12H2,1-2H3,(H,22,23,25). The summed E-state index contributed by atoms with van der Waals surface area (Å²) in [4.78, 5) is 0. The number of aryl methyl sites for hydroxylation is 2. The van der Waals surface area contributed by atoms with E-state index in [1.165, 1.54) is 5.56 Å². The number of nitrogens with zero attached hydrogens (tertiary/aromatic N) is 4. The fourth-order valence-corrected chi connectivity index (χ4v) is 3.20. The predicted octanol–water partition coefficient (Wildman–Crippen LogP) is 4.89. The van der Waals surface area contributed by atoms with Gasteiger partial charge in [-0.2, -0.15) is 0 Å². The number of nitrogens with one attached hydrogen (secondary N) is 1. The van der Waals surface area contributed by atoms with Crippen LogP contribution in [0.2, 0.25) is 10.0 Å². The number of rotatable bonds is 8. The zero-order valence-corrected chi connectivity index (χ0v) is 16.8. The van der Waals surface area contributed by atoms with Gasteiger partial charge in [0, 0.05) is 23.7 Å². The van der Waals surface area contributed by atoms with Crippen molar-refractivity contribution in [3.8, 4) is 5.75 Å². The number of ether oxygens (including phenoxy) is 1. The number of hydrogen-bond acceptors (Lipinski definition) is 5. The molecule has 0 saturated carbocycles. The third kappa shape index (κ3) is 5.11. The first-order valence-corrected chi connectivity index (χ1v) is 9.48. The van der Waals surface area contributed by atoms with E-state index < -0.39 is 0 Å². The van der Waals surface area contributed by atoms with E-state index in [9.17, 15) is 0 Å². The third-order valence-corrected chi connectivity index (χ3v) is 4.49. The van der Waals surface area contributed by atoms with E-state index in [1.54, 1.807) is 10.7 Å². The van der Waals surface area contributed by atoms with Gasteiger partial charge in [-0.25, -0.2) is 4.68 Å². The van der Waals surface area contributed by atoms with E-state index in [-0.39, 0.29) is 0 Å².